The number of anilines is 1. The van der Waals surface area contributed by atoms with Crippen molar-refractivity contribution in [3.05, 3.63) is 63.2 Å². The first kappa shape index (κ1) is 16.6. The van der Waals surface area contributed by atoms with Crippen LogP contribution in [0.25, 0.3) is 0 Å². The van der Waals surface area contributed by atoms with Gasteiger partial charge in [0.25, 0.3) is 11.6 Å². The molecule has 0 spiro atoms. The van der Waals surface area contributed by atoms with E-state index in [0.717, 1.165) is 6.07 Å². The number of hydrogen-bond donors (Lipinski definition) is 1. The maximum absolute atomic E-state index is 12.3. The van der Waals surface area contributed by atoms with Gasteiger partial charge in [-0.1, -0.05) is 23.7 Å². The van der Waals surface area contributed by atoms with Gasteiger partial charge in [0.1, 0.15) is 10.8 Å². The van der Waals surface area contributed by atoms with Gasteiger partial charge in [-0.2, -0.15) is 8.78 Å². The smallest absolute Gasteiger partial charge is 0.387 e. The van der Waals surface area contributed by atoms with Crippen LogP contribution in [0, 0.1) is 10.1 Å². The van der Waals surface area contributed by atoms with Crippen LogP contribution in [0.1, 0.15) is 10.4 Å². The fraction of sp³-hybridized carbons (Fsp3) is 0.0714. The van der Waals surface area contributed by atoms with Gasteiger partial charge in [-0.25, -0.2) is 0 Å². The monoisotopic (exact) mass is 342 g/mol. The van der Waals surface area contributed by atoms with Crippen molar-refractivity contribution < 1.29 is 23.2 Å². The van der Waals surface area contributed by atoms with Crippen LogP contribution in [0.5, 0.6) is 5.75 Å². The lowest BCUT2D eigenvalue weighted by molar-refractivity contribution is -0.384. The third kappa shape index (κ3) is 4.13. The van der Waals surface area contributed by atoms with Gasteiger partial charge in [0, 0.05) is 11.8 Å². The molecule has 2 rings (SSSR count). The predicted molar refractivity (Wildman–Crippen MR) is 79.1 cm³/mol. The number of nitro groups is 1. The van der Waals surface area contributed by atoms with E-state index in [0.29, 0.717) is 0 Å². The molecule has 23 heavy (non-hydrogen) atoms. The first-order valence-corrected chi connectivity index (χ1v) is 6.55. The number of alkyl halides is 2. The Labute approximate surface area is 133 Å². The minimum Gasteiger partial charge on any atom is -0.434 e. The van der Waals surface area contributed by atoms with Crippen molar-refractivity contribution in [2.24, 2.45) is 0 Å². The maximum atomic E-state index is 12.3. The van der Waals surface area contributed by atoms with Crippen molar-refractivity contribution in [3.8, 4) is 5.75 Å². The molecule has 0 aliphatic carbocycles. The zero-order chi connectivity index (χ0) is 17.0. The number of nitrogens with zero attached hydrogens (tertiary/aromatic N) is 1. The van der Waals surface area contributed by atoms with Crippen LogP contribution in [0.3, 0.4) is 0 Å². The number of carbonyl (C=O) groups is 1. The van der Waals surface area contributed by atoms with E-state index in [1.165, 1.54) is 36.4 Å². The van der Waals surface area contributed by atoms with Crippen LogP contribution in [0.15, 0.2) is 42.5 Å². The first-order chi connectivity index (χ1) is 10.9. The van der Waals surface area contributed by atoms with Crippen LogP contribution in [0.2, 0.25) is 5.02 Å². The molecule has 0 aliphatic rings. The molecule has 0 atom stereocenters. The highest BCUT2D eigenvalue weighted by atomic mass is 35.5. The minimum absolute atomic E-state index is 0.0885. The van der Waals surface area contributed by atoms with Gasteiger partial charge in [0.2, 0.25) is 0 Å². The van der Waals surface area contributed by atoms with Gasteiger partial charge in [-0.05, 0) is 24.3 Å². The molecular formula is C14H9ClF2N2O4. The van der Waals surface area contributed by atoms with Crippen LogP contribution in [0.4, 0.5) is 20.2 Å². The van der Waals surface area contributed by atoms with Gasteiger partial charge in [-0.3, -0.25) is 14.9 Å². The first-order valence-electron chi connectivity index (χ1n) is 6.17. The second-order valence-corrected chi connectivity index (χ2v) is 4.66. The molecule has 0 radical (unpaired) electrons. The molecule has 120 valence electrons. The lowest BCUT2D eigenvalue weighted by Gasteiger charge is -2.11. The molecule has 0 aliphatic heterocycles. The Morgan fingerprint density at radius 1 is 1.26 bits per heavy atom. The Balaban J connectivity index is 2.26. The summed E-state index contributed by atoms with van der Waals surface area (Å²) in [5.74, 6) is -1.05. The number of ether oxygens (including phenoxy) is 1. The predicted octanol–water partition coefficient (Wildman–Crippen LogP) is 4.10. The molecular weight excluding hydrogens is 334 g/mol. The number of nitrogens with one attached hydrogen (secondary N) is 1. The Morgan fingerprint density at radius 2 is 1.96 bits per heavy atom. The molecule has 6 nitrogen and oxygen atoms in total. The zero-order valence-electron chi connectivity index (χ0n) is 11.3. The summed E-state index contributed by atoms with van der Waals surface area (Å²) < 4.78 is 28.9. The largest absolute Gasteiger partial charge is 0.434 e. The Morgan fingerprint density at radius 3 is 2.61 bits per heavy atom. The molecule has 0 unspecified atom stereocenters. The zero-order valence-corrected chi connectivity index (χ0v) is 12.1. The molecule has 0 bridgehead atoms. The van der Waals surface area contributed by atoms with Crippen molar-refractivity contribution in [3.63, 3.8) is 0 Å². The summed E-state index contributed by atoms with van der Waals surface area (Å²) in [5.41, 5.74) is -0.426. The number of benzene rings is 2. The average molecular weight is 343 g/mol. The average Bonchev–Trinajstić information content (AvgIpc) is 2.48. The highest BCUT2D eigenvalue weighted by molar-refractivity contribution is 6.32. The molecule has 0 saturated carbocycles. The molecule has 2 aromatic carbocycles. The number of halogens is 3. The minimum atomic E-state index is -3.08. The molecule has 1 amide bonds. The van der Waals surface area contributed by atoms with Crippen molar-refractivity contribution in [2.75, 3.05) is 5.32 Å². The normalized spacial score (nSPS) is 10.4. The number of hydrogen-bond acceptors (Lipinski definition) is 4. The number of amides is 1. The second-order valence-electron chi connectivity index (χ2n) is 4.25. The summed E-state index contributed by atoms with van der Waals surface area (Å²) in [4.78, 5) is 22.3. The topological polar surface area (TPSA) is 81.5 Å². The van der Waals surface area contributed by atoms with Gasteiger partial charge in [-0.15, -0.1) is 0 Å². The summed E-state index contributed by atoms with van der Waals surface area (Å²) in [5, 5.41) is 13.1. The lowest BCUT2D eigenvalue weighted by atomic mass is 10.2. The van der Waals surface area contributed by atoms with Crippen molar-refractivity contribution in [2.45, 2.75) is 6.61 Å². The van der Waals surface area contributed by atoms with E-state index in [1.54, 1.807) is 0 Å². The number of nitro benzene ring substituents is 1. The van der Waals surface area contributed by atoms with Crippen LogP contribution < -0.4 is 10.1 Å². The highest BCUT2D eigenvalue weighted by Gasteiger charge is 2.18. The molecule has 0 aromatic heterocycles. The molecule has 2 aromatic rings. The third-order valence-corrected chi connectivity index (χ3v) is 3.07. The summed E-state index contributed by atoms with van der Waals surface area (Å²) in [6.45, 7) is -3.08. The molecule has 0 fully saturated rings. The van der Waals surface area contributed by atoms with Crippen molar-refractivity contribution in [1.82, 2.24) is 0 Å². The Kier molecular flexibility index (Phi) is 5.07. The van der Waals surface area contributed by atoms with Gasteiger partial charge >= 0.3 is 6.61 Å². The van der Waals surface area contributed by atoms with Gasteiger partial charge in [0.15, 0.2) is 0 Å². The van der Waals surface area contributed by atoms with Gasteiger partial charge < -0.3 is 10.1 Å². The van der Waals surface area contributed by atoms with Crippen LogP contribution in [-0.2, 0) is 0 Å². The van der Waals surface area contributed by atoms with E-state index in [9.17, 15) is 23.7 Å². The summed E-state index contributed by atoms with van der Waals surface area (Å²) in [7, 11) is 0. The van der Waals surface area contributed by atoms with Crippen LogP contribution >= 0.6 is 11.6 Å². The van der Waals surface area contributed by atoms with Crippen molar-refractivity contribution >= 4 is 28.9 Å². The van der Waals surface area contributed by atoms with E-state index >= 15 is 0 Å². The SMILES string of the molecule is O=C(Nc1ccc(Cl)c([N+](=O)[O-])c1)c1ccccc1OC(F)F. The standard InChI is InChI=1S/C14H9ClF2N2O4/c15-10-6-5-8(7-11(10)19(21)22)18-13(20)9-3-1-2-4-12(9)23-14(16)17/h1-7,14H,(H,18,20). The lowest BCUT2D eigenvalue weighted by Crippen LogP contribution is -2.15. The summed E-state index contributed by atoms with van der Waals surface area (Å²) in [6, 6.07) is 9.07. The molecule has 0 heterocycles. The molecule has 1 N–H and O–H groups in total. The van der Waals surface area contributed by atoms with Crippen LogP contribution in [-0.4, -0.2) is 17.4 Å². The van der Waals surface area contributed by atoms with E-state index in [2.05, 4.69) is 10.1 Å². The Hall–Kier alpha value is -2.74. The third-order valence-electron chi connectivity index (χ3n) is 2.75. The number of carbonyl (C=O) groups excluding carboxylic acids is 1. The van der Waals surface area contributed by atoms with E-state index in [1.807, 2.05) is 0 Å². The number of rotatable bonds is 5. The summed E-state index contributed by atoms with van der Waals surface area (Å²) >= 11 is 5.67. The fourth-order valence-electron chi connectivity index (χ4n) is 1.78. The fourth-order valence-corrected chi connectivity index (χ4v) is 1.97. The number of para-hydroxylation sites is 1. The summed E-state index contributed by atoms with van der Waals surface area (Å²) in [6.07, 6.45) is 0. The van der Waals surface area contributed by atoms with E-state index in [-0.39, 0.29) is 27.7 Å². The second kappa shape index (κ2) is 7.01. The van der Waals surface area contributed by atoms with Gasteiger partial charge in [0.05, 0.1) is 10.5 Å². The molecule has 0 saturated heterocycles. The Bertz CT molecular complexity index is 755. The van der Waals surface area contributed by atoms with Crippen molar-refractivity contribution in [1.29, 1.82) is 0 Å². The quantitative estimate of drug-likeness (QED) is 0.655. The maximum Gasteiger partial charge on any atom is 0.387 e. The highest BCUT2D eigenvalue weighted by Crippen LogP contribution is 2.28. The molecule has 9 heteroatoms. The van der Waals surface area contributed by atoms with E-state index < -0.39 is 17.4 Å². The van der Waals surface area contributed by atoms with E-state index in [4.69, 9.17) is 11.6 Å².